The van der Waals surface area contributed by atoms with E-state index in [9.17, 15) is 14.4 Å². The zero-order chi connectivity index (χ0) is 33.8. The number of benzene rings is 1. The molecule has 256 valence electrons. The fraction of sp³-hybridized carbons (Fsp3) is 0.686. The van der Waals surface area contributed by atoms with E-state index in [4.69, 9.17) is 24.2 Å². The van der Waals surface area contributed by atoms with Crippen LogP contribution < -0.4 is 14.8 Å². The first kappa shape index (κ1) is 33.3. The van der Waals surface area contributed by atoms with E-state index in [-0.39, 0.29) is 42.3 Å². The third-order valence-corrected chi connectivity index (χ3v) is 10.7. The first-order chi connectivity index (χ1) is 22.2. The van der Waals surface area contributed by atoms with Gasteiger partial charge in [0.1, 0.15) is 29.7 Å². The van der Waals surface area contributed by atoms with Crippen LogP contribution in [0.5, 0.6) is 11.6 Å². The van der Waals surface area contributed by atoms with Gasteiger partial charge in [-0.15, -0.1) is 0 Å². The van der Waals surface area contributed by atoms with Crippen LogP contribution >= 0.6 is 0 Å². The number of fused-ring (bicyclic) bond motifs is 7. The molecule has 2 bridgehead atoms. The summed E-state index contributed by atoms with van der Waals surface area (Å²) in [7, 11) is 1.53. The van der Waals surface area contributed by atoms with Gasteiger partial charge in [-0.3, -0.25) is 9.59 Å². The number of methoxy groups -OCH3 is 1. The van der Waals surface area contributed by atoms with Crippen LogP contribution in [0.1, 0.15) is 91.2 Å². The number of ether oxygens (including phenoxy) is 3. The van der Waals surface area contributed by atoms with Crippen LogP contribution in [0.4, 0.5) is 13.6 Å². The zero-order valence-electron chi connectivity index (χ0n) is 28.1. The topological polar surface area (TPSA) is 120 Å². The zero-order valence-corrected chi connectivity index (χ0v) is 28.1. The maximum atomic E-state index is 15.6. The molecule has 1 aromatic carbocycles. The van der Waals surface area contributed by atoms with Gasteiger partial charge in [-0.05, 0) is 68.9 Å². The number of halogens is 2. The number of hydrogen-bond donors (Lipinski definition) is 1. The average Bonchev–Trinajstić information content (AvgIpc) is 3.31. The summed E-state index contributed by atoms with van der Waals surface area (Å²) in [6, 6.07) is 3.26. The molecule has 4 aliphatic rings. The third-order valence-electron chi connectivity index (χ3n) is 10.7. The van der Waals surface area contributed by atoms with Gasteiger partial charge in [0.15, 0.2) is 5.78 Å². The van der Waals surface area contributed by atoms with E-state index in [2.05, 4.69) is 5.32 Å². The standard InChI is InChI=1S/C35H46F2N4O6/c1-7-21-26-17-41(29(21)18(2)42)32(43)30(34(3,4)5)40-33(44)47-25-13-9-11-19(25)10-8-12-22-27(35(22,36)37)28-31(46-26)39-24-16-20(45-6)14-15-23(24)38-28/h14-16,19,21-22,25-27,29-30H,7-13,17H2,1-6H3,(H,40,44)/t19-,21-,22?,25-,26+,27?,29-,30-/m1/s1. The van der Waals surface area contributed by atoms with E-state index in [0.29, 0.717) is 42.5 Å². The van der Waals surface area contributed by atoms with Crippen molar-refractivity contribution in [1.29, 1.82) is 0 Å². The van der Waals surface area contributed by atoms with Crippen molar-refractivity contribution in [2.45, 2.75) is 116 Å². The Labute approximate surface area is 274 Å². The van der Waals surface area contributed by atoms with Gasteiger partial charge in [-0.1, -0.05) is 34.1 Å². The Morgan fingerprint density at radius 1 is 1.06 bits per heavy atom. The molecule has 47 heavy (non-hydrogen) atoms. The van der Waals surface area contributed by atoms with Crippen molar-refractivity contribution in [1.82, 2.24) is 20.2 Å². The first-order valence-electron chi connectivity index (χ1n) is 16.9. The molecule has 3 heterocycles. The summed E-state index contributed by atoms with van der Waals surface area (Å²) in [6.07, 6.45) is 2.60. The molecule has 8 atom stereocenters. The lowest BCUT2D eigenvalue weighted by molar-refractivity contribution is -0.141. The van der Waals surface area contributed by atoms with Crippen LogP contribution in [0, 0.1) is 23.2 Å². The molecule has 3 fully saturated rings. The molecular formula is C35H46F2N4O6. The van der Waals surface area contributed by atoms with Gasteiger partial charge in [-0.25, -0.2) is 23.5 Å². The van der Waals surface area contributed by atoms with Crippen molar-refractivity contribution in [3.8, 4) is 11.6 Å². The summed E-state index contributed by atoms with van der Waals surface area (Å²) in [4.78, 5) is 51.7. The van der Waals surface area contributed by atoms with E-state index >= 15 is 8.78 Å². The lowest BCUT2D eigenvalue weighted by atomic mass is 9.85. The largest absolute Gasteiger partial charge is 0.497 e. The smallest absolute Gasteiger partial charge is 0.408 e. The molecule has 0 spiro atoms. The number of nitrogens with one attached hydrogen (secondary N) is 1. The quantitative estimate of drug-likeness (QED) is 0.424. The van der Waals surface area contributed by atoms with Gasteiger partial charge in [0.25, 0.3) is 5.92 Å². The number of rotatable bonds is 3. The van der Waals surface area contributed by atoms with Gasteiger partial charge in [0.05, 0.1) is 36.6 Å². The fourth-order valence-electron chi connectivity index (χ4n) is 8.14. The number of alkyl carbamates (subject to hydrolysis) is 1. The molecule has 2 aromatic rings. The maximum absolute atomic E-state index is 15.6. The Balaban J connectivity index is 1.44. The number of carbonyl (C=O) groups excluding carboxylic acids is 3. The molecule has 2 unspecified atom stereocenters. The minimum atomic E-state index is -3.00. The lowest BCUT2D eigenvalue weighted by Gasteiger charge is -2.35. The van der Waals surface area contributed by atoms with Gasteiger partial charge < -0.3 is 24.4 Å². The number of amides is 2. The second-order valence-electron chi connectivity index (χ2n) is 14.8. The first-order valence-corrected chi connectivity index (χ1v) is 16.9. The van der Waals surface area contributed by atoms with E-state index < -0.39 is 59.3 Å². The molecule has 0 radical (unpaired) electrons. The minimum Gasteiger partial charge on any atom is -0.497 e. The molecule has 2 aliphatic heterocycles. The van der Waals surface area contributed by atoms with Crippen molar-refractivity contribution in [3.63, 3.8) is 0 Å². The highest BCUT2D eigenvalue weighted by Gasteiger charge is 2.70. The van der Waals surface area contributed by atoms with Crippen LogP contribution in [0.15, 0.2) is 18.2 Å². The van der Waals surface area contributed by atoms with Crippen LogP contribution in [0.25, 0.3) is 11.0 Å². The highest BCUT2D eigenvalue weighted by atomic mass is 19.3. The average molecular weight is 657 g/mol. The molecule has 1 saturated heterocycles. The van der Waals surface area contributed by atoms with Gasteiger partial charge in [0.2, 0.25) is 11.8 Å². The third kappa shape index (κ3) is 6.24. The second-order valence-corrected chi connectivity index (χ2v) is 14.8. The summed E-state index contributed by atoms with van der Waals surface area (Å²) in [5.74, 6) is -5.63. The van der Waals surface area contributed by atoms with E-state index in [1.807, 2.05) is 27.7 Å². The Morgan fingerprint density at radius 3 is 2.45 bits per heavy atom. The molecule has 12 heteroatoms. The van der Waals surface area contributed by atoms with Crippen molar-refractivity contribution >= 4 is 28.8 Å². The van der Waals surface area contributed by atoms with E-state index in [0.717, 1.165) is 12.8 Å². The molecule has 6 rings (SSSR count). The Kier molecular flexibility index (Phi) is 8.84. The molecule has 2 amide bonds. The number of Topliss-reactive ketones (excluding diaryl/α,β-unsaturated/α-hetero) is 1. The van der Waals surface area contributed by atoms with Crippen LogP contribution in [0.3, 0.4) is 0 Å². The fourth-order valence-corrected chi connectivity index (χ4v) is 8.14. The van der Waals surface area contributed by atoms with E-state index in [1.54, 1.807) is 18.2 Å². The number of hydrogen-bond acceptors (Lipinski definition) is 8. The summed E-state index contributed by atoms with van der Waals surface area (Å²) in [5.41, 5.74) is 0.259. The monoisotopic (exact) mass is 656 g/mol. The predicted molar refractivity (Wildman–Crippen MR) is 169 cm³/mol. The lowest BCUT2D eigenvalue weighted by Crippen LogP contribution is -2.57. The Hall–Kier alpha value is -3.57. The normalized spacial score (nSPS) is 32.6. The molecule has 1 aromatic heterocycles. The van der Waals surface area contributed by atoms with Crippen molar-refractivity contribution in [2.75, 3.05) is 13.7 Å². The number of nitrogens with zero attached hydrogens (tertiary/aromatic N) is 3. The molecular weight excluding hydrogens is 610 g/mol. The molecule has 10 nitrogen and oxygen atoms in total. The molecule has 1 N–H and O–H groups in total. The van der Waals surface area contributed by atoms with Gasteiger partial charge >= 0.3 is 6.09 Å². The number of carbonyl (C=O) groups is 3. The van der Waals surface area contributed by atoms with Crippen molar-refractivity contribution in [2.24, 2.45) is 23.2 Å². The molecule has 2 saturated carbocycles. The SMILES string of the molecule is CC[C@@H]1[C@@H]2CN(C(=O)[C@H](C(C)(C)C)NC(=O)O[C@@H]3CCC[C@H]3CCCC3C(c4nc5ccc(OC)cc5nc4O2)C3(F)F)[C@@H]1C(C)=O. The highest BCUT2D eigenvalue weighted by molar-refractivity contribution is 5.92. The van der Waals surface area contributed by atoms with Crippen molar-refractivity contribution < 1.29 is 37.4 Å². The number of aromatic nitrogens is 2. The Bertz CT molecular complexity index is 1550. The van der Waals surface area contributed by atoms with Gasteiger partial charge in [-0.2, -0.15) is 0 Å². The molecule has 2 aliphatic carbocycles. The van der Waals surface area contributed by atoms with Crippen molar-refractivity contribution in [3.05, 3.63) is 23.9 Å². The summed E-state index contributed by atoms with van der Waals surface area (Å²) >= 11 is 0. The van der Waals surface area contributed by atoms with Crippen LogP contribution in [-0.2, 0) is 14.3 Å². The highest BCUT2D eigenvalue weighted by Crippen LogP contribution is 2.64. The number of ketones is 1. The van der Waals surface area contributed by atoms with Gasteiger partial charge in [0, 0.05) is 17.9 Å². The minimum absolute atomic E-state index is 0.0102. The summed E-state index contributed by atoms with van der Waals surface area (Å²) in [5, 5.41) is 2.83. The van der Waals surface area contributed by atoms with E-state index in [1.165, 1.54) is 18.9 Å². The summed E-state index contributed by atoms with van der Waals surface area (Å²) in [6.45, 7) is 8.89. The van der Waals surface area contributed by atoms with Crippen LogP contribution in [-0.4, -0.2) is 76.5 Å². The Morgan fingerprint density at radius 2 is 1.79 bits per heavy atom. The number of alkyl halides is 2. The predicted octanol–water partition coefficient (Wildman–Crippen LogP) is 6.05. The second kappa shape index (κ2) is 12.5. The summed E-state index contributed by atoms with van der Waals surface area (Å²) < 4.78 is 49.0. The maximum Gasteiger partial charge on any atom is 0.408 e. The van der Waals surface area contributed by atoms with Crippen LogP contribution in [0.2, 0.25) is 0 Å².